The summed E-state index contributed by atoms with van der Waals surface area (Å²) in [6.45, 7) is -0.117. The van der Waals surface area contributed by atoms with Gasteiger partial charge in [-0.05, 0) is 0 Å². The van der Waals surface area contributed by atoms with E-state index in [1.807, 2.05) is 0 Å². The fourth-order valence-corrected chi connectivity index (χ4v) is 1.00. The lowest BCUT2D eigenvalue weighted by atomic mass is 10.1. The Hall–Kier alpha value is -2.24. The molecule has 6 heteroatoms. The second-order valence-electron chi connectivity index (χ2n) is 2.60. The molecule has 78 valence electrons. The molecular formula is C9H7NO5. The molecule has 0 N–H and O–H groups in total. The van der Waals surface area contributed by atoms with E-state index in [4.69, 9.17) is 0 Å². The first-order valence-corrected chi connectivity index (χ1v) is 3.98. The van der Waals surface area contributed by atoms with Gasteiger partial charge in [0.2, 0.25) is 0 Å². The maximum absolute atomic E-state index is 11.5. The largest absolute Gasteiger partial charge is 0.420 e. The van der Waals surface area contributed by atoms with Crippen LogP contribution in [0.2, 0.25) is 0 Å². The number of benzene rings is 1. The molecule has 1 atom stereocenters. The fourth-order valence-electron chi connectivity index (χ4n) is 1.00. The molecule has 0 bridgehead atoms. The van der Waals surface area contributed by atoms with Crippen LogP contribution in [0.1, 0.15) is 10.4 Å². The summed E-state index contributed by atoms with van der Waals surface area (Å²) < 4.78 is 4.09. The lowest BCUT2D eigenvalue weighted by Crippen LogP contribution is -2.32. The van der Waals surface area contributed by atoms with Gasteiger partial charge >= 0.3 is 6.23 Å². The van der Waals surface area contributed by atoms with Crippen LogP contribution in [0.4, 0.5) is 0 Å². The van der Waals surface area contributed by atoms with Crippen molar-refractivity contribution in [1.82, 2.24) is 0 Å². The van der Waals surface area contributed by atoms with Crippen molar-refractivity contribution < 1.29 is 19.2 Å². The maximum Gasteiger partial charge on any atom is 0.420 e. The van der Waals surface area contributed by atoms with Gasteiger partial charge in [0.15, 0.2) is 0 Å². The lowest BCUT2D eigenvalue weighted by molar-refractivity contribution is -0.547. The Labute approximate surface area is 84.6 Å². The number of nitrogens with zero attached hydrogens (tertiary/aromatic N) is 1. The molecule has 0 fully saturated rings. The third-order valence-electron chi connectivity index (χ3n) is 1.66. The van der Waals surface area contributed by atoms with Crippen molar-refractivity contribution in [2.75, 3.05) is 0 Å². The Morgan fingerprint density at radius 2 is 2.00 bits per heavy atom. The van der Waals surface area contributed by atoms with Gasteiger partial charge in [-0.1, -0.05) is 30.3 Å². The molecule has 0 saturated carbocycles. The molecule has 1 unspecified atom stereocenters. The number of hydrogen-bond donors (Lipinski definition) is 0. The number of rotatable bonds is 5. The Kier molecular flexibility index (Phi) is 3.50. The molecule has 6 nitrogen and oxygen atoms in total. The van der Waals surface area contributed by atoms with E-state index in [9.17, 15) is 19.7 Å². The molecule has 0 aliphatic rings. The van der Waals surface area contributed by atoms with Gasteiger partial charge < -0.3 is 4.74 Å². The van der Waals surface area contributed by atoms with Crippen LogP contribution in [0.25, 0.3) is 0 Å². The van der Waals surface area contributed by atoms with Crippen molar-refractivity contribution in [1.29, 1.82) is 0 Å². The first-order chi connectivity index (χ1) is 7.16. The van der Waals surface area contributed by atoms with E-state index in [1.54, 1.807) is 18.2 Å². The fraction of sp³-hybridized carbons (Fsp3) is 0.111. The summed E-state index contributed by atoms with van der Waals surface area (Å²) in [7, 11) is 0. The quantitative estimate of drug-likeness (QED) is 0.233. The monoisotopic (exact) mass is 209 g/mol. The number of ether oxygens (including phenoxy) is 1. The van der Waals surface area contributed by atoms with Crippen LogP contribution in [0, 0.1) is 10.1 Å². The van der Waals surface area contributed by atoms with E-state index in [0.29, 0.717) is 0 Å². The SMILES string of the molecule is O=COC(C(=O)c1ccccc1)[N+](=O)[O-]. The minimum atomic E-state index is -1.97. The van der Waals surface area contributed by atoms with Crippen molar-refractivity contribution >= 4 is 12.3 Å². The average molecular weight is 209 g/mol. The molecule has 0 aliphatic carbocycles. The van der Waals surface area contributed by atoms with Gasteiger partial charge in [-0.3, -0.25) is 19.7 Å². The van der Waals surface area contributed by atoms with E-state index in [-0.39, 0.29) is 12.0 Å². The van der Waals surface area contributed by atoms with Gasteiger partial charge in [0.25, 0.3) is 12.3 Å². The van der Waals surface area contributed by atoms with E-state index in [1.165, 1.54) is 12.1 Å². The van der Waals surface area contributed by atoms with E-state index in [0.717, 1.165) is 0 Å². The third-order valence-corrected chi connectivity index (χ3v) is 1.66. The molecule has 0 amide bonds. The molecule has 0 heterocycles. The molecule has 0 aliphatic heterocycles. The molecule has 0 saturated heterocycles. The van der Waals surface area contributed by atoms with Gasteiger partial charge in [0.1, 0.15) is 0 Å². The van der Waals surface area contributed by atoms with Gasteiger partial charge in [0.05, 0.1) is 4.92 Å². The second-order valence-corrected chi connectivity index (χ2v) is 2.60. The van der Waals surface area contributed by atoms with Crippen LogP contribution < -0.4 is 0 Å². The number of nitro groups is 1. The summed E-state index contributed by atoms with van der Waals surface area (Å²) in [5.74, 6) is -0.854. The standard InChI is InChI=1S/C9H7NO5/c11-6-15-9(10(13)14)8(12)7-4-2-1-3-5-7/h1-6,9H. The average Bonchev–Trinajstić information content (AvgIpc) is 2.26. The maximum atomic E-state index is 11.5. The highest BCUT2D eigenvalue weighted by Gasteiger charge is 2.32. The minimum absolute atomic E-state index is 0.117. The zero-order valence-electron chi connectivity index (χ0n) is 7.53. The summed E-state index contributed by atoms with van der Waals surface area (Å²) in [6.07, 6.45) is -1.97. The lowest BCUT2D eigenvalue weighted by Gasteiger charge is -2.05. The van der Waals surface area contributed by atoms with Crippen LogP contribution in [-0.2, 0) is 9.53 Å². The topological polar surface area (TPSA) is 86.5 Å². The molecule has 0 radical (unpaired) electrons. The highest BCUT2D eigenvalue weighted by molar-refractivity contribution is 5.98. The van der Waals surface area contributed by atoms with Gasteiger partial charge in [-0.15, -0.1) is 0 Å². The number of Topliss-reactive ketones (excluding diaryl/α,β-unsaturated/α-hetero) is 1. The number of ketones is 1. The number of carbonyl (C=O) groups excluding carboxylic acids is 2. The van der Waals surface area contributed by atoms with Crippen molar-refractivity contribution in [3.63, 3.8) is 0 Å². The highest BCUT2D eigenvalue weighted by atomic mass is 16.7. The first-order valence-electron chi connectivity index (χ1n) is 3.98. The molecule has 1 aromatic carbocycles. The molecule has 1 aromatic rings. The summed E-state index contributed by atoms with van der Waals surface area (Å²) in [4.78, 5) is 30.9. The van der Waals surface area contributed by atoms with Crippen molar-refractivity contribution in [3.05, 3.63) is 46.0 Å². The van der Waals surface area contributed by atoms with Crippen molar-refractivity contribution in [2.24, 2.45) is 0 Å². The summed E-state index contributed by atoms with van der Waals surface area (Å²) in [5, 5.41) is 10.4. The Morgan fingerprint density at radius 3 is 2.47 bits per heavy atom. The third kappa shape index (κ3) is 2.60. The van der Waals surface area contributed by atoms with E-state index >= 15 is 0 Å². The highest BCUT2D eigenvalue weighted by Crippen LogP contribution is 2.06. The van der Waals surface area contributed by atoms with E-state index < -0.39 is 16.9 Å². The Balaban J connectivity index is 2.91. The smallest absolute Gasteiger partial charge is 0.394 e. The normalized spacial score (nSPS) is 11.5. The number of hydrogen-bond acceptors (Lipinski definition) is 5. The van der Waals surface area contributed by atoms with Crippen LogP contribution >= 0.6 is 0 Å². The predicted octanol–water partition coefficient (Wildman–Crippen LogP) is 0.645. The van der Waals surface area contributed by atoms with Crippen LogP contribution in [0.3, 0.4) is 0 Å². The van der Waals surface area contributed by atoms with Crippen molar-refractivity contribution in [3.8, 4) is 0 Å². The molecular weight excluding hydrogens is 202 g/mol. The summed E-state index contributed by atoms with van der Waals surface area (Å²) >= 11 is 0. The Bertz CT molecular complexity index is 375. The van der Waals surface area contributed by atoms with Crippen LogP contribution in [0.15, 0.2) is 30.3 Å². The molecule has 1 rings (SSSR count). The van der Waals surface area contributed by atoms with Crippen LogP contribution in [0.5, 0.6) is 0 Å². The first kappa shape index (κ1) is 10.8. The Morgan fingerprint density at radius 1 is 1.40 bits per heavy atom. The molecule has 15 heavy (non-hydrogen) atoms. The van der Waals surface area contributed by atoms with Gasteiger partial charge in [0, 0.05) is 5.56 Å². The zero-order valence-corrected chi connectivity index (χ0v) is 7.53. The second kappa shape index (κ2) is 4.85. The van der Waals surface area contributed by atoms with E-state index in [2.05, 4.69) is 4.74 Å². The summed E-state index contributed by atoms with van der Waals surface area (Å²) in [6, 6.07) is 7.61. The van der Waals surface area contributed by atoms with Crippen molar-refractivity contribution in [2.45, 2.75) is 6.23 Å². The number of carbonyl (C=O) groups is 2. The minimum Gasteiger partial charge on any atom is -0.394 e. The zero-order chi connectivity index (χ0) is 11.3. The van der Waals surface area contributed by atoms with Gasteiger partial charge in [-0.25, -0.2) is 0 Å². The summed E-state index contributed by atoms with van der Waals surface area (Å²) in [5.41, 5.74) is 0.126. The predicted molar refractivity (Wildman–Crippen MR) is 48.7 cm³/mol. The van der Waals surface area contributed by atoms with Gasteiger partial charge in [-0.2, -0.15) is 0 Å². The van der Waals surface area contributed by atoms with Crippen LogP contribution in [-0.4, -0.2) is 23.4 Å². The molecule has 0 spiro atoms. The molecule has 0 aromatic heterocycles.